The van der Waals surface area contributed by atoms with Crippen LogP contribution in [0.1, 0.15) is 55.4 Å². The van der Waals surface area contributed by atoms with Gasteiger partial charge >= 0.3 is 6.03 Å². The SMILES string of the molecule is Cc1ccc(NC(=O)CN2C(=O)N/C(=C/c3cc4c(cc3C)N(C)C(C)(C)CC4C)C2=O)cc1. The Morgan fingerprint density at radius 2 is 1.85 bits per heavy atom. The third-order valence-corrected chi connectivity index (χ3v) is 6.92. The number of fused-ring (bicyclic) bond motifs is 1. The van der Waals surface area contributed by atoms with Gasteiger partial charge in [-0.3, -0.25) is 9.59 Å². The van der Waals surface area contributed by atoms with E-state index in [1.807, 2.05) is 26.0 Å². The Kier molecular flexibility index (Phi) is 5.98. The van der Waals surface area contributed by atoms with Crippen molar-refractivity contribution < 1.29 is 14.4 Å². The molecule has 4 amide bonds. The van der Waals surface area contributed by atoms with Crippen LogP contribution in [-0.4, -0.2) is 41.9 Å². The third-order valence-electron chi connectivity index (χ3n) is 6.92. The summed E-state index contributed by atoms with van der Waals surface area (Å²) >= 11 is 0. The number of amides is 4. The Hall–Kier alpha value is -3.61. The van der Waals surface area contributed by atoms with E-state index in [9.17, 15) is 14.4 Å². The van der Waals surface area contributed by atoms with E-state index in [1.54, 1.807) is 18.2 Å². The van der Waals surface area contributed by atoms with E-state index >= 15 is 0 Å². The molecule has 0 saturated carbocycles. The molecule has 34 heavy (non-hydrogen) atoms. The molecule has 0 aliphatic carbocycles. The van der Waals surface area contributed by atoms with Crippen molar-refractivity contribution in [2.75, 3.05) is 23.8 Å². The van der Waals surface area contributed by atoms with Crippen LogP contribution in [-0.2, 0) is 9.59 Å². The average molecular weight is 461 g/mol. The van der Waals surface area contributed by atoms with E-state index in [0.29, 0.717) is 11.6 Å². The van der Waals surface area contributed by atoms with Crippen LogP contribution >= 0.6 is 0 Å². The molecule has 1 atom stereocenters. The molecule has 1 saturated heterocycles. The van der Waals surface area contributed by atoms with Crippen molar-refractivity contribution in [3.8, 4) is 0 Å². The number of nitrogens with one attached hydrogen (secondary N) is 2. The molecule has 1 fully saturated rings. The summed E-state index contributed by atoms with van der Waals surface area (Å²) in [6, 6.07) is 11.0. The van der Waals surface area contributed by atoms with Gasteiger partial charge in [0.15, 0.2) is 0 Å². The molecule has 2 N–H and O–H groups in total. The van der Waals surface area contributed by atoms with Crippen LogP contribution in [0.25, 0.3) is 6.08 Å². The number of hydrogen-bond donors (Lipinski definition) is 2. The molecule has 2 heterocycles. The van der Waals surface area contributed by atoms with Crippen molar-refractivity contribution in [3.05, 3.63) is 64.3 Å². The molecule has 2 aromatic carbocycles. The number of rotatable bonds is 4. The Morgan fingerprint density at radius 3 is 2.53 bits per heavy atom. The zero-order chi connectivity index (χ0) is 24.8. The van der Waals surface area contributed by atoms with Gasteiger partial charge < -0.3 is 15.5 Å². The monoisotopic (exact) mass is 460 g/mol. The van der Waals surface area contributed by atoms with Gasteiger partial charge in [-0.05, 0) is 87.1 Å². The molecule has 0 bridgehead atoms. The second-order valence-corrected chi connectivity index (χ2v) is 10.0. The van der Waals surface area contributed by atoms with Gasteiger partial charge in [0, 0.05) is 24.0 Å². The van der Waals surface area contributed by atoms with E-state index in [1.165, 1.54) is 11.3 Å². The first-order valence-corrected chi connectivity index (χ1v) is 11.6. The highest BCUT2D eigenvalue weighted by Gasteiger charge is 2.36. The van der Waals surface area contributed by atoms with Crippen LogP contribution in [0.15, 0.2) is 42.1 Å². The second-order valence-electron chi connectivity index (χ2n) is 10.0. The minimum atomic E-state index is -0.597. The van der Waals surface area contributed by atoms with Crippen molar-refractivity contribution in [1.82, 2.24) is 10.2 Å². The molecule has 4 rings (SSSR count). The molecule has 0 spiro atoms. The number of carbonyl (C=O) groups excluding carboxylic acids is 3. The van der Waals surface area contributed by atoms with E-state index in [0.717, 1.165) is 28.0 Å². The Balaban J connectivity index is 1.54. The lowest BCUT2D eigenvalue weighted by atomic mass is 9.79. The summed E-state index contributed by atoms with van der Waals surface area (Å²) in [6.07, 6.45) is 2.73. The van der Waals surface area contributed by atoms with Crippen molar-refractivity contribution in [2.45, 2.75) is 52.5 Å². The Labute approximate surface area is 200 Å². The average Bonchev–Trinajstić information content (AvgIpc) is 3.02. The maximum absolute atomic E-state index is 12.9. The molecule has 2 aliphatic heterocycles. The van der Waals surface area contributed by atoms with Crippen LogP contribution in [0, 0.1) is 13.8 Å². The first kappa shape index (κ1) is 23.5. The van der Waals surface area contributed by atoms with Crippen molar-refractivity contribution in [2.24, 2.45) is 0 Å². The molecule has 0 aromatic heterocycles. The molecule has 7 heteroatoms. The minimum absolute atomic E-state index is 0.0634. The minimum Gasteiger partial charge on any atom is -0.369 e. The largest absolute Gasteiger partial charge is 0.369 e. The standard InChI is InChI=1S/C27H32N4O3/c1-16-7-9-20(10-8-16)28-24(32)15-31-25(33)22(29-26(31)34)13-19-12-21-18(3)14-27(4,5)30(6)23(21)11-17(19)2/h7-13,18H,14-15H2,1-6H3,(H,28,32)(H,29,34)/b22-13+. The van der Waals surface area contributed by atoms with Crippen LogP contribution < -0.4 is 15.5 Å². The van der Waals surface area contributed by atoms with Gasteiger partial charge in [-0.25, -0.2) is 9.69 Å². The van der Waals surface area contributed by atoms with Crippen molar-refractivity contribution in [1.29, 1.82) is 0 Å². The third kappa shape index (κ3) is 4.42. The fourth-order valence-electron chi connectivity index (χ4n) is 4.74. The van der Waals surface area contributed by atoms with Gasteiger partial charge in [0.1, 0.15) is 12.2 Å². The molecule has 178 valence electrons. The van der Waals surface area contributed by atoms with Crippen LogP contribution in [0.5, 0.6) is 0 Å². The fourth-order valence-corrected chi connectivity index (χ4v) is 4.74. The van der Waals surface area contributed by atoms with Gasteiger partial charge in [-0.15, -0.1) is 0 Å². The predicted molar refractivity (Wildman–Crippen MR) is 135 cm³/mol. The predicted octanol–water partition coefficient (Wildman–Crippen LogP) is 4.56. The lowest BCUT2D eigenvalue weighted by molar-refractivity contribution is -0.127. The Morgan fingerprint density at radius 1 is 1.18 bits per heavy atom. The topological polar surface area (TPSA) is 81.8 Å². The number of hydrogen-bond acceptors (Lipinski definition) is 4. The molecule has 2 aromatic rings. The summed E-state index contributed by atoms with van der Waals surface area (Å²) in [5.74, 6) is -0.569. The molecule has 0 radical (unpaired) electrons. The maximum Gasteiger partial charge on any atom is 0.329 e. The summed E-state index contributed by atoms with van der Waals surface area (Å²) in [5.41, 5.74) is 6.25. The maximum atomic E-state index is 12.9. The zero-order valence-electron chi connectivity index (χ0n) is 20.7. The highest BCUT2D eigenvalue weighted by molar-refractivity contribution is 6.16. The molecule has 1 unspecified atom stereocenters. The molecular weight excluding hydrogens is 428 g/mol. The number of nitrogens with zero attached hydrogens (tertiary/aromatic N) is 2. The highest BCUT2D eigenvalue weighted by atomic mass is 16.2. The summed E-state index contributed by atoms with van der Waals surface area (Å²) in [4.78, 5) is 41.1. The molecular formula is C27H32N4O3. The van der Waals surface area contributed by atoms with E-state index in [2.05, 4.69) is 55.5 Å². The lowest BCUT2D eigenvalue weighted by Crippen LogP contribution is -2.45. The smallest absolute Gasteiger partial charge is 0.329 e. The zero-order valence-corrected chi connectivity index (χ0v) is 20.7. The van der Waals surface area contributed by atoms with Gasteiger partial charge in [0.2, 0.25) is 5.91 Å². The summed E-state index contributed by atoms with van der Waals surface area (Å²) in [7, 11) is 2.11. The Bertz CT molecular complexity index is 1200. The number of anilines is 2. The summed E-state index contributed by atoms with van der Waals surface area (Å²) in [6.45, 7) is 10.3. The van der Waals surface area contributed by atoms with Gasteiger partial charge in [-0.1, -0.05) is 24.6 Å². The van der Waals surface area contributed by atoms with E-state index in [-0.39, 0.29) is 17.8 Å². The number of urea groups is 1. The number of aryl methyl sites for hydroxylation is 2. The van der Waals surface area contributed by atoms with Gasteiger partial charge in [-0.2, -0.15) is 0 Å². The number of benzene rings is 2. The van der Waals surface area contributed by atoms with Crippen molar-refractivity contribution >= 4 is 35.3 Å². The van der Waals surface area contributed by atoms with Crippen LogP contribution in [0.2, 0.25) is 0 Å². The normalized spacial score (nSPS) is 20.4. The van der Waals surface area contributed by atoms with E-state index < -0.39 is 17.8 Å². The quantitative estimate of drug-likeness (QED) is 0.518. The van der Waals surface area contributed by atoms with Crippen molar-refractivity contribution in [3.63, 3.8) is 0 Å². The fraction of sp³-hybridized carbons (Fsp3) is 0.370. The molecule has 2 aliphatic rings. The number of imide groups is 1. The first-order valence-electron chi connectivity index (χ1n) is 11.6. The summed E-state index contributed by atoms with van der Waals surface area (Å²) in [5, 5.41) is 5.35. The molecule has 7 nitrogen and oxygen atoms in total. The van der Waals surface area contributed by atoms with Crippen LogP contribution in [0.4, 0.5) is 16.2 Å². The first-order chi connectivity index (χ1) is 16.0. The number of carbonyl (C=O) groups is 3. The van der Waals surface area contributed by atoms with Gasteiger partial charge in [0.25, 0.3) is 5.91 Å². The van der Waals surface area contributed by atoms with Gasteiger partial charge in [0.05, 0.1) is 0 Å². The summed E-state index contributed by atoms with van der Waals surface area (Å²) < 4.78 is 0. The van der Waals surface area contributed by atoms with E-state index in [4.69, 9.17) is 0 Å². The lowest BCUT2D eigenvalue weighted by Gasteiger charge is -2.45. The highest BCUT2D eigenvalue weighted by Crippen LogP contribution is 2.43. The second kappa shape index (κ2) is 8.63. The van der Waals surface area contributed by atoms with Crippen LogP contribution in [0.3, 0.4) is 0 Å².